The molecule has 0 radical (unpaired) electrons. The summed E-state index contributed by atoms with van der Waals surface area (Å²) in [5.74, 6) is 1.64. The van der Waals surface area contributed by atoms with Crippen LogP contribution in [0, 0.1) is 11.8 Å². The monoisotopic (exact) mass is 375 g/mol. The van der Waals surface area contributed by atoms with E-state index in [1.165, 1.54) is 12.8 Å². The minimum absolute atomic E-state index is 0.251. The Morgan fingerprint density at radius 1 is 1.15 bits per heavy atom. The molecule has 7 nitrogen and oxygen atoms in total. The number of piperidine rings is 1. The number of carbonyl (C=O) groups is 1. The quantitative estimate of drug-likeness (QED) is 0.696. The molecule has 2 saturated heterocycles. The molecule has 3 fully saturated rings. The second-order valence-corrected chi connectivity index (χ2v) is 8.51. The molecule has 1 unspecified atom stereocenters. The zero-order chi connectivity index (χ0) is 18.6. The van der Waals surface area contributed by atoms with Gasteiger partial charge >= 0.3 is 0 Å². The Hall–Kier alpha value is -1.47. The average molecular weight is 376 g/mol. The molecule has 1 aliphatic carbocycles. The lowest BCUT2D eigenvalue weighted by molar-refractivity contribution is -0.131. The van der Waals surface area contributed by atoms with Gasteiger partial charge in [-0.3, -0.25) is 4.79 Å². The fourth-order valence-corrected chi connectivity index (χ4v) is 4.24. The fourth-order valence-electron chi connectivity index (χ4n) is 4.24. The molecule has 7 heteroatoms. The molecule has 1 atom stereocenters. The number of likely N-dealkylation sites (tertiary alicyclic amines) is 2. The van der Waals surface area contributed by atoms with E-state index in [2.05, 4.69) is 22.1 Å². The predicted molar refractivity (Wildman–Crippen MR) is 102 cm³/mol. The summed E-state index contributed by atoms with van der Waals surface area (Å²) >= 11 is 0. The normalized spacial score (nSPS) is 24.6. The number of ether oxygens (including phenoxy) is 1. The number of rotatable bonds is 8. The van der Waals surface area contributed by atoms with Crippen molar-refractivity contribution >= 4 is 5.91 Å². The second kappa shape index (κ2) is 8.69. The van der Waals surface area contributed by atoms with Crippen LogP contribution in [-0.2, 0) is 16.1 Å². The van der Waals surface area contributed by atoms with Crippen LogP contribution >= 0.6 is 0 Å². The van der Waals surface area contributed by atoms with Crippen molar-refractivity contribution in [1.82, 2.24) is 24.8 Å². The predicted octanol–water partition coefficient (Wildman–Crippen LogP) is 2.10. The van der Waals surface area contributed by atoms with Crippen molar-refractivity contribution in [3.05, 3.63) is 11.9 Å². The van der Waals surface area contributed by atoms with Gasteiger partial charge in [-0.15, -0.1) is 5.10 Å². The van der Waals surface area contributed by atoms with E-state index in [1.54, 1.807) is 0 Å². The highest BCUT2D eigenvalue weighted by Gasteiger charge is 2.30. The molecular formula is C20H33N5O2. The van der Waals surface area contributed by atoms with E-state index >= 15 is 0 Å². The molecule has 0 spiro atoms. The summed E-state index contributed by atoms with van der Waals surface area (Å²) in [5.41, 5.74) is 0.892. The third kappa shape index (κ3) is 5.08. The van der Waals surface area contributed by atoms with Crippen LogP contribution in [0.25, 0.3) is 0 Å². The third-order valence-electron chi connectivity index (χ3n) is 6.37. The number of amides is 1. The van der Waals surface area contributed by atoms with Crippen LogP contribution in [0.3, 0.4) is 0 Å². The Labute approximate surface area is 162 Å². The van der Waals surface area contributed by atoms with Gasteiger partial charge in [0.25, 0.3) is 0 Å². The summed E-state index contributed by atoms with van der Waals surface area (Å²) in [6.07, 6.45) is 8.58. The Bertz CT molecular complexity index is 622. The zero-order valence-electron chi connectivity index (χ0n) is 16.6. The maximum atomic E-state index is 12.7. The van der Waals surface area contributed by atoms with E-state index in [1.807, 2.05) is 15.8 Å². The van der Waals surface area contributed by atoms with Gasteiger partial charge in [0.1, 0.15) is 5.69 Å². The Morgan fingerprint density at radius 2 is 1.96 bits per heavy atom. The van der Waals surface area contributed by atoms with Crippen molar-refractivity contribution in [2.24, 2.45) is 11.8 Å². The van der Waals surface area contributed by atoms with Crippen LogP contribution in [0.5, 0.6) is 0 Å². The highest BCUT2D eigenvalue weighted by Crippen LogP contribution is 2.29. The van der Waals surface area contributed by atoms with Gasteiger partial charge in [-0.1, -0.05) is 12.1 Å². The van der Waals surface area contributed by atoms with Gasteiger partial charge in [-0.25, -0.2) is 4.68 Å². The molecule has 1 aromatic rings. The molecule has 150 valence electrons. The first kappa shape index (κ1) is 18.9. The topological polar surface area (TPSA) is 63.5 Å². The minimum Gasteiger partial charge on any atom is -0.375 e. The summed E-state index contributed by atoms with van der Waals surface area (Å²) in [6.45, 7) is 8.61. The minimum atomic E-state index is 0.251. The Balaban J connectivity index is 1.21. The molecule has 3 heterocycles. The lowest BCUT2D eigenvalue weighted by Crippen LogP contribution is -2.36. The number of hydrogen-bond acceptors (Lipinski definition) is 5. The van der Waals surface area contributed by atoms with E-state index in [4.69, 9.17) is 4.74 Å². The first-order valence-electron chi connectivity index (χ1n) is 10.7. The maximum Gasteiger partial charge on any atom is 0.222 e. The van der Waals surface area contributed by atoms with Crippen LogP contribution in [0.1, 0.15) is 57.2 Å². The standard InChI is InChI=1S/C20H33N5O2/c1-2-23-8-5-16(6-9-23)11-20(26)24-10-7-19(13-24)25-12-18(21-22-25)15-27-14-17-3-4-17/h12,16-17,19H,2-11,13-15H2,1H3. The van der Waals surface area contributed by atoms with Gasteiger partial charge in [0.05, 0.1) is 18.8 Å². The SMILES string of the molecule is CCN1CCC(CC(=O)N2CCC(n3cc(COCC4CC4)nn3)C2)CC1. The van der Waals surface area contributed by atoms with Gasteiger partial charge in [0.15, 0.2) is 0 Å². The molecular weight excluding hydrogens is 342 g/mol. The smallest absolute Gasteiger partial charge is 0.222 e. The molecule has 0 bridgehead atoms. The molecule has 3 aliphatic rings. The molecule has 1 amide bonds. The third-order valence-corrected chi connectivity index (χ3v) is 6.37. The van der Waals surface area contributed by atoms with E-state index in [0.717, 1.165) is 70.2 Å². The molecule has 27 heavy (non-hydrogen) atoms. The Morgan fingerprint density at radius 3 is 2.70 bits per heavy atom. The fraction of sp³-hybridized carbons (Fsp3) is 0.850. The van der Waals surface area contributed by atoms with E-state index in [0.29, 0.717) is 24.9 Å². The first-order chi connectivity index (χ1) is 13.2. The second-order valence-electron chi connectivity index (χ2n) is 8.51. The van der Waals surface area contributed by atoms with Crippen molar-refractivity contribution in [3.8, 4) is 0 Å². The van der Waals surface area contributed by atoms with Gasteiger partial charge < -0.3 is 14.5 Å². The van der Waals surface area contributed by atoms with Crippen molar-refractivity contribution in [3.63, 3.8) is 0 Å². The number of aromatic nitrogens is 3. The maximum absolute atomic E-state index is 12.7. The summed E-state index contributed by atoms with van der Waals surface area (Å²) < 4.78 is 7.63. The van der Waals surface area contributed by atoms with Crippen LogP contribution < -0.4 is 0 Å². The average Bonchev–Trinajstić information content (AvgIpc) is 3.18. The summed E-state index contributed by atoms with van der Waals surface area (Å²) in [7, 11) is 0. The first-order valence-corrected chi connectivity index (χ1v) is 10.7. The van der Waals surface area contributed by atoms with Crippen molar-refractivity contribution in [2.45, 2.75) is 58.1 Å². The van der Waals surface area contributed by atoms with Crippen LogP contribution in [0.2, 0.25) is 0 Å². The zero-order valence-corrected chi connectivity index (χ0v) is 16.6. The largest absolute Gasteiger partial charge is 0.375 e. The van der Waals surface area contributed by atoms with E-state index in [9.17, 15) is 4.79 Å². The number of nitrogens with zero attached hydrogens (tertiary/aromatic N) is 5. The molecule has 1 saturated carbocycles. The molecule has 2 aliphatic heterocycles. The van der Waals surface area contributed by atoms with Crippen molar-refractivity contribution in [1.29, 1.82) is 0 Å². The van der Waals surface area contributed by atoms with Crippen molar-refractivity contribution < 1.29 is 9.53 Å². The summed E-state index contributed by atoms with van der Waals surface area (Å²) in [5, 5.41) is 8.52. The highest BCUT2D eigenvalue weighted by molar-refractivity contribution is 5.76. The lowest BCUT2D eigenvalue weighted by Gasteiger charge is -2.31. The van der Waals surface area contributed by atoms with E-state index in [-0.39, 0.29) is 6.04 Å². The molecule has 1 aromatic heterocycles. The summed E-state index contributed by atoms with van der Waals surface area (Å²) in [6, 6.07) is 0.251. The van der Waals surface area contributed by atoms with Crippen molar-refractivity contribution in [2.75, 3.05) is 39.3 Å². The summed E-state index contributed by atoms with van der Waals surface area (Å²) in [4.78, 5) is 17.2. The molecule has 0 N–H and O–H groups in total. The lowest BCUT2D eigenvalue weighted by atomic mass is 9.93. The van der Waals surface area contributed by atoms with Crippen LogP contribution in [0.4, 0.5) is 0 Å². The highest BCUT2D eigenvalue weighted by atomic mass is 16.5. The van der Waals surface area contributed by atoms with Gasteiger partial charge in [-0.05, 0) is 63.6 Å². The Kier molecular flexibility index (Phi) is 6.08. The molecule has 4 rings (SSSR count). The number of carbonyl (C=O) groups excluding carboxylic acids is 1. The van der Waals surface area contributed by atoms with Gasteiger partial charge in [-0.2, -0.15) is 0 Å². The van der Waals surface area contributed by atoms with Gasteiger partial charge in [0, 0.05) is 26.1 Å². The number of hydrogen-bond donors (Lipinski definition) is 0. The van der Waals surface area contributed by atoms with Crippen LogP contribution in [0.15, 0.2) is 6.20 Å². The van der Waals surface area contributed by atoms with Crippen LogP contribution in [-0.4, -0.2) is 70.0 Å². The van der Waals surface area contributed by atoms with Gasteiger partial charge in [0.2, 0.25) is 5.91 Å². The van der Waals surface area contributed by atoms with E-state index < -0.39 is 0 Å². The molecule has 0 aromatic carbocycles.